The number of carbonyl (C=O) groups is 1. The number of rotatable bonds is 3. The maximum absolute atomic E-state index is 12.6. The zero-order valence-electron chi connectivity index (χ0n) is 14.6. The number of nitrogens with zero attached hydrogens (tertiary/aromatic N) is 3. The lowest BCUT2D eigenvalue weighted by molar-refractivity contribution is -0.137. The molecule has 1 aliphatic rings. The number of hydrogen-bond donors (Lipinski definition) is 1. The summed E-state index contributed by atoms with van der Waals surface area (Å²) in [6, 6.07) is 15.5. The molecule has 1 aromatic heterocycles. The molecule has 142 valence electrons. The Hall–Kier alpha value is -3.42. The molecule has 8 heteroatoms. The van der Waals surface area contributed by atoms with Crippen LogP contribution in [0.15, 0.2) is 60.7 Å². The van der Waals surface area contributed by atoms with E-state index in [1.807, 2.05) is 23.1 Å². The molecule has 2 heterocycles. The SMILES string of the molecule is O=C(Nc1ccc(C(F)(F)F)cc1)c1ccc(N2CCc3ccccc32)nn1. The molecule has 5 nitrogen and oxygen atoms in total. The van der Waals surface area contributed by atoms with Crippen LogP contribution in [-0.4, -0.2) is 22.6 Å². The molecular weight excluding hydrogens is 369 g/mol. The minimum atomic E-state index is -4.42. The summed E-state index contributed by atoms with van der Waals surface area (Å²) < 4.78 is 37.8. The quantitative estimate of drug-likeness (QED) is 0.725. The van der Waals surface area contributed by atoms with Crippen LogP contribution in [0.3, 0.4) is 0 Å². The highest BCUT2D eigenvalue weighted by Crippen LogP contribution is 2.33. The predicted molar refractivity (Wildman–Crippen MR) is 98.6 cm³/mol. The van der Waals surface area contributed by atoms with Gasteiger partial charge in [-0.1, -0.05) is 18.2 Å². The summed E-state index contributed by atoms with van der Waals surface area (Å²) in [6.07, 6.45) is -3.51. The predicted octanol–water partition coefficient (Wildman–Crippen LogP) is 4.44. The summed E-state index contributed by atoms with van der Waals surface area (Å²) in [4.78, 5) is 14.3. The second kappa shape index (κ2) is 6.95. The second-order valence-corrected chi connectivity index (χ2v) is 6.34. The Kier molecular flexibility index (Phi) is 4.46. The summed E-state index contributed by atoms with van der Waals surface area (Å²) in [5.74, 6) is 0.0941. The van der Waals surface area contributed by atoms with Gasteiger partial charge in [0.25, 0.3) is 5.91 Å². The number of benzene rings is 2. The number of fused-ring (bicyclic) bond motifs is 1. The van der Waals surface area contributed by atoms with Gasteiger partial charge in [-0.3, -0.25) is 4.79 Å². The van der Waals surface area contributed by atoms with Crippen LogP contribution in [-0.2, 0) is 12.6 Å². The molecular formula is C20H15F3N4O. The van der Waals surface area contributed by atoms with E-state index in [2.05, 4.69) is 21.6 Å². The van der Waals surface area contributed by atoms with Crippen LogP contribution < -0.4 is 10.2 Å². The number of aromatic nitrogens is 2. The van der Waals surface area contributed by atoms with Gasteiger partial charge < -0.3 is 10.2 Å². The third-order valence-electron chi connectivity index (χ3n) is 4.52. The summed E-state index contributed by atoms with van der Waals surface area (Å²) in [7, 11) is 0. The van der Waals surface area contributed by atoms with E-state index in [4.69, 9.17) is 0 Å². The second-order valence-electron chi connectivity index (χ2n) is 6.34. The number of para-hydroxylation sites is 1. The summed E-state index contributed by atoms with van der Waals surface area (Å²) in [6.45, 7) is 0.783. The van der Waals surface area contributed by atoms with Crippen molar-refractivity contribution in [2.24, 2.45) is 0 Å². The first-order chi connectivity index (χ1) is 13.4. The van der Waals surface area contributed by atoms with Gasteiger partial charge in [-0.2, -0.15) is 13.2 Å². The lowest BCUT2D eigenvalue weighted by Gasteiger charge is -2.17. The molecule has 28 heavy (non-hydrogen) atoms. The van der Waals surface area contributed by atoms with Gasteiger partial charge in [0, 0.05) is 17.9 Å². The largest absolute Gasteiger partial charge is 0.416 e. The maximum Gasteiger partial charge on any atom is 0.416 e. The molecule has 0 unspecified atom stereocenters. The smallest absolute Gasteiger partial charge is 0.324 e. The Balaban J connectivity index is 1.46. The molecule has 3 aromatic rings. The fourth-order valence-corrected chi connectivity index (χ4v) is 3.10. The van der Waals surface area contributed by atoms with Crippen molar-refractivity contribution >= 4 is 23.1 Å². The van der Waals surface area contributed by atoms with E-state index in [1.165, 1.54) is 17.7 Å². The van der Waals surface area contributed by atoms with E-state index < -0.39 is 17.6 Å². The normalized spacial score (nSPS) is 13.3. The molecule has 0 radical (unpaired) electrons. The highest BCUT2D eigenvalue weighted by molar-refractivity contribution is 6.02. The minimum Gasteiger partial charge on any atom is -0.324 e. The van der Waals surface area contributed by atoms with Crippen LogP contribution >= 0.6 is 0 Å². The summed E-state index contributed by atoms with van der Waals surface area (Å²) in [5, 5.41) is 10.6. The van der Waals surface area contributed by atoms with E-state index in [1.54, 1.807) is 12.1 Å². The number of halogens is 3. The first kappa shape index (κ1) is 18.0. The summed E-state index contributed by atoms with van der Waals surface area (Å²) in [5.41, 5.74) is 1.85. The van der Waals surface area contributed by atoms with Gasteiger partial charge in [-0.05, 0) is 54.4 Å². The number of nitrogens with one attached hydrogen (secondary N) is 1. The monoisotopic (exact) mass is 384 g/mol. The average molecular weight is 384 g/mol. The molecule has 1 amide bonds. The van der Waals surface area contributed by atoms with Crippen LogP contribution in [0.1, 0.15) is 21.6 Å². The Morgan fingerprint density at radius 1 is 0.964 bits per heavy atom. The third-order valence-corrected chi connectivity index (χ3v) is 4.52. The topological polar surface area (TPSA) is 58.1 Å². The van der Waals surface area contributed by atoms with E-state index in [0.717, 1.165) is 30.8 Å². The first-order valence-corrected chi connectivity index (χ1v) is 8.59. The Morgan fingerprint density at radius 2 is 1.71 bits per heavy atom. The van der Waals surface area contributed by atoms with E-state index in [-0.39, 0.29) is 11.4 Å². The van der Waals surface area contributed by atoms with Crippen molar-refractivity contribution < 1.29 is 18.0 Å². The van der Waals surface area contributed by atoms with E-state index in [9.17, 15) is 18.0 Å². The summed E-state index contributed by atoms with van der Waals surface area (Å²) >= 11 is 0. The average Bonchev–Trinajstić information content (AvgIpc) is 3.12. The molecule has 0 atom stereocenters. The molecule has 0 spiro atoms. The fourth-order valence-electron chi connectivity index (χ4n) is 3.10. The van der Waals surface area contributed by atoms with Crippen molar-refractivity contribution in [1.29, 1.82) is 0 Å². The van der Waals surface area contributed by atoms with Crippen molar-refractivity contribution in [2.75, 3.05) is 16.8 Å². The van der Waals surface area contributed by atoms with Crippen molar-refractivity contribution in [3.8, 4) is 0 Å². The van der Waals surface area contributed by atoms with Crippen molar-refractivity contribution in [2.45, 2.75) is 12.6 Å². The van der Waals surface area contributed by atoms with Crippen LogP contribution in [0.5, 0.6) is 0 Å². The van der Waals surface area contributed by atoms with Gasteiger partial charge in [0.1, 0.15) is 0 Å². The highest BCUT2D eigenvalue weighted by Gasteiger charge is 2.30. The van der Waals surface area contributed by atoms with Crippen molar-refractivity contribution in [3.63, 3.8) is 0 Å². The van der Waals surface area contributed by atoms with Crippen LogP contribution in [0.4, 0.5) is 30.4 Å². The number of carbonyl (C=O) groups excluding carboxylic acids is 1. The number of alkyl halides is 3. The molecule has 0 aliphatic carbocycles. The Labute approximate surface area is 158 Å². The molecule has 0 saturated heterocycles. The van der Waals surface area contributed by atoms with Gasteiger partial charge in [0.2, 0.25) is 0 Å². The van der Waals surface area contributed by atoms with Crippen molar-refractivity contribution in [3.05, 3.63) is 77.5 Å². The lowest BCUT2D eigenvalue weighted by atomic mass is 10.2. The van der Waals surface area contributed by atoms with E-state index >= 15 is 0 Å². The Bertz CT molecular complexity index is 1000. The van der Waals surface area contributed by atoms with Gasteiger partial charge in [0.05, 0.1) is 5.56 Å². The zero-order valence-corrected chi connectivity index (χ0v) is 14.6. The molecule has 0 saturated carbocycles. The van der Waals surface area contributed by atoms with Crippen LogP contribution in [0, 0.1) is 0 Å². The molecule has 1 N–H and O–H groups in total. The van der Waals surface area contributed by atoms with Gasteiger partial charge >= 0.3 is 6.18 Å². The van der Waals surface area contributed by atoms with Gasteiger partial charge in [-0.15, -0.1) is 10.2 Å². The van der Waals surface area contributed by atoms with Crippen LogP contribution in [0.25, 0.3) is 0 Å². The minimum absolute atomic E-state index is 0.0798. The lowest BCUT2D eigenvalue weighted by Crippen LogP contribution is -2.18. The number of anilines is 3. The van der Waals surface area contributed by atoms with Gasteiger partial charge in [-0.25, -0.2) is 0 Å². The Morgan fingerprint density at radius 3 is 2.39 bits per heavy atom. The van der Waals surface area contributed by atoms with Gasteiger partial charge in [0.15, 0.2) is 11.5 Å². The maximum atomic E-state index is 12.6. The molecule has 0 fully saturated rings. The number of amides is 1. The fraction of sp³-hybridized carbons (Fsp3) is 0.150. The third kappa shape index (κ3) is 3.53. The highest BCUT2D eigenvalue weighted by atomic mass is 19.4. The molecule has 4 rings (SSSR count). The molecule has 1 aliphatic heterocycles. The molecule has 2 aromatic carbocycles. The van der Waals surface area contributed by atoms with Crippen molar-refractivity contribution in [1.82, 2.24) is 10.2 Å². The molecule has 0 bridgehead atoms. The van der Waals surface area contributed by atoms with Crippen LogP contribution in [0.2, 0.25) is 0 Å². The standard InChI is InChI=1S/C20H15F3N4O/c21-20(22,23)14-5-7-15(8-6-14)24-19(28)16-9-10-18(26-25-16)27-12-11-13-3-1-2-4-17(13)27/h1-10H,11-12H2,(H,24,28). The number of hydrogen-bond acceptors (Lipinski definition) is 4. The first-order valence-electron chi connectivity index (χ1n) is 8.59. The zero-order chi connectivity index (χ0) is 19.7. The van der Waals surface area contributed by atoms with E-state index in [0.29, 0.717) is 5.82 Å².